The Morgan fingerprint density at radius 1 is 0.968 bits per heavy atom. The molecular formula is C25H39N3O2S. The zero-order valence-electron chi connectivity index (χ0n) is 19.0. The first-order chi connectivity index (χ1) is 15.1. The molecule has 0 radical (unpaired) electrons. The van der Waals surface area contributed by atoms with E-state index in [-0.39, 0.29) is 11.8 Å². The van der Waals surface area contributed by atoms with Gasteiger partial charge in [0.1, 0.15) is 0 Å². The molecule has 3 rings (SSSR count). The van der Waals surface area contributed by atoms with Crippen LogP contribution in [0.5, 0.6) is 0 Å². The molecule has 2 N–H and O–H groups in total. The maximum atomic E-state index is 12.8. The van der Waals surface area contributed by atoms with E-state index in [1.165, 1.54) is 69.5 Å². The molecule has 31 heavy (non-hydrogen) atoms. The van der Waals surface area contributed by atoms with Crippen LogP contribution in [0.25, 0.3) is 0 Å². The summed E-state index contributed by atoms with van der Waals surface area (Å²) in [6.45, 7) is 1.52. The molecule has 0 atom stereocenters. The van der Waals surface area contributed by atoms with Crippen LogP contribution >= 0.6 is 11.8 Å². The van der Waals surface area contributed by atoms with Crippen LogP contribution in [-0.4, -0.2) is 54.7 Å². The quantitative estimate of drug-likeness (QED) is 0.545. The Morgan fingerprint density at radius 3 is 2.35 bits per heavy atom. The standard InChI is InChI=1S/C25H39N3O2S/c1-28(21-13-7-8-14-21)18-17-26-25(30)22-15-9-10-16-23(22)31-19-24(29)27-20-11-5-3-2-4-6-12-20/h9-10,15-16,20-21H,2-8,11-14,17-19H2,1H3,(H,26,30)(H,27,29). The number of hydrogen-bond acceptors (Lipinski definition) is 4. The molecule has 0 aromatic heterocycles. The maximum absolute atomic E-state index is 12.8. The van der Waals surface area contributed by atoms with Crippen molar-refractivity contribution in [2.24, 2.45) is 0 Å². The zero-order valence-corrected chi connectivity index (χ0v) is 19.9. The summed E-state index contributed by atoms with van der Waals surface area (Å²) in [6, 6.07) is 8.58. The van der Waals surface area contributed by atoms with Gasteiger partial charge in [0, 0.05) is 30.1 Å². The first-order valence-corrected chi connectivity index (χ1v) is 13.1. The molecule has 0 spiro atoms. The van der Waals surface area contributed by atoms with Gasteiger partial charge in [-0.2, -0.15) is 0 Å². The highest BCUT2D eigenvalue weighted by Crippen LogP contribution is 2.24. The molecule has 2 saturated carbocycles. The number of carbonyl (C=O) groups is 2. The van der Waals surface area contributed by atoms with Gasteiger partial charge in [-0.15, -0.1) is 11.8 Å². The smallest absolute Gasteiger partial charge is 0.252 e. The summed E-state index contributed by atoms with van der Waals surface area (Å²) in [5.74, 6) is 0.373. The topological polar surface area (TPSA) is 61.4 Å². The lowest BCUT2D eigenvalue weighted by Crippen LogP contribution is -2.37. The molecule has 6 heteroatoms. The summed E-state index contributed by atoms with van der Waals surface area (Å²) in [7, 11) is 2.15. The first kappa shape index (κ1) is 24.1. The highest BCUT2D eigenvalue weighted by Gasteiger charge is 2.20. The Bertz CT molecular complexity index is 698. The predicted molar refractivity (Wildman–Crippen MR) is 129 cm³/mol. The first-order valence-electron chi connectivity index (χ1n) is 12.1. The number of benzene rings is 1. The van der Waals surface area contributed by atoms with Crippen molar-refractivity contribution >= 4 is 23.6 Å². The second-order valence-corrected chi connectivity index (χ2v) is 10.1. The fourth-order valence-corrected chi connectivity index (χ4v) is 5.62. The molecule has 2 fully saturated rings. The van der Waals surface area contributed by atoms with Crippen molar-refractivity contribution in [2.45, 2.75) is 87.6 Å². The SMILES string of the molecule is CN(CCNC(=O)c1ccccc1SCC(=O)NC1CCCCCCC1)C1CCCC1. The van der Waals surface area contributed by atoms with Crippen LogP contribution in [0.2, 0.25) is 0 Å². The Hall–Kier alpha value is -1.53. The minimum Gasteiger partial charge on any atom is -0.353 e. The van der Waals surface area contributed by atoms with Gasteiger partial charge in [-0.25, -0.2) is 0 Å². The van der Waals surface area contributed by atoms with E-state index in [4.69, 9.17) is 0 Å². The summed E-state index contributed by atoms with van der Waals surface area (Å²) in [5.41, 5.74) is 0.662. The average molecular weight is 446 g/mol. The normalized spacial score (nSPS) is 18.5. The molecule has 0 saturated heterocycles. The largest absolute Gasteiger partial charge is 0.353 e. The summed E-state index contributed by atoms with van der Waals surface area (Å²) in [6.07, 6.45) is 13.6. The molecule has 0 aliphatic heterocycles. The van der Waals surface area contributed by atoms with Crippen molar-refractivity contribution in [3.05, 3.63) is 29.8 Å². The van der Waals surface area contributed by atoms with Gasteiger partial charge in [-0.05, 0) is 44.9 Å². The van der Waals surface area contributed by atoms with Crippen molar-refractivity contribution in [1.29, 1.82) is 0 Å². The summed E-state index contributed by atoms with van der Waals surface area (Å²) in [4.78, 5) is 28.5. The molecule has 0 heterocycles. The summed E-state index contributed by atoms with van der Waals surface area (Å²) in [5, 5.41) is 6.28. The fraction of sp³-hybridized carbons (Fsp3) is 0.680. The van der Waals surface area contributed by atoms with Gasteiger partial charge in [0.25, 0.3) is 5.91 Å². The van der Waals surface area contributed by atoms with E-state index >= 15 is 0 Å². The van der Waals surface area contributed by atoms with E-state index in [9.17, 15) is 9.59 Å². The third-order valence-electron chi connectivity index (χ3n) is 6.66. The van der Waals surface area contributed by atoms with Crippen molar-refractivity contribution in [1.82, 2.24) is 15.5 Å². The lowest BCUT2D eigenvalue weighted by atomic mass is 9.97. The minimum absolute atomic E-state index is 0.0525. The van der Waals surface area contributed by atoms with Crippen molar-refractivity contribution in [3.8, 4) is 0 Å². The molecule has 2 aliphatic carbocycles. The van der Waals surface area contributed by atoms with Crippen LogP contribution < -0.4 is 10.6 Å². The maximum Gasteiger partial charge on any atom is 0.252 e. The third-order valence-corrected chi connectivity index (χ3v) is 7.73. The van der Waals surface area contributed by atoms with Crippen LogP contribution in [0.1, 0.15) is 81.0 Å². The van der Waals surface area contributed by atoms with Gasteiger partial charge < -0.3 is 15.5 Å². The highest BCUT2D eigenvalue weighted by molar-refractivity contribution is 8.00. The number of amides is 2. The molecule has 172 valence electrons. The molecule has 0 unspecified atom stereocenters. The number of hydrogen-bond donors (Lipinski definition) is 2. The van der Waals surface area contributed by atoms with Gasteiger partial charge in [0.2, 0.25) is 5.91 Å². The van der Waals surface area contributed by atoms with Crippen LogP contribution in [0, 0.1) is 0 Å². The number of thioether (sulfide) groups is 1. The Labute approximate surface area is 192 Å². The van der Waals surface area contributed by atoms with E-state index in [0.29, 0.717) is 29.9 Å². The predicted octanol–water partition coefficient (Wildman–Crippen LogP) is 4.61. The van der Waals surface area contributed by atoms with Gasteiger partial charge in [-0.1, -0.05) is 57.1 Å². The number of likely N-dealkylation sites (N-methyl/N-ethyl adjacent to an activating group) is 1. The number of rotatable bonds is 9. The molecule has 5 nitrogen and oxygen atoms in total. The third kappa shape index (κ3) is 8.15. The van der Waals surface area contributed by atoms with Crippen molar-refractivity contribution < 1.29 is 9.59 Å². The number of nitrogens with zero attached hydrogens (tertiary/aromatic N) is 1. The lowest BCUT2D eigenvalue weighted by molar-refractivity contribution is -0.119. The molecular weight excluding hydrogens is 406 g/mol. The fourth-order valence-electron chi connectivity index (χ4n) is 4.76. The van der Waals surface area contributed by atoms with Crippen LogP contribution in [-0.2, 0) is 4.79 Å². The van der Waals surface area contributed by atoms with E-state index in [2.05, 4.69) is 22.6 Å². The monoisotopic (exact) mass is 445 g/mol. The Balaban J connectivity index is 1.44. The van der Waals surface area contributed by atoms with Crippen molar-refractivity contribution in [3.63, 3.8) is 0 Å². The molecule has 1 aromatic rings. The molecule has 0 bridgehead atoms. The van der Waals surface area contributed by atoms with E-state index in [1.807, 2.05) is 24.3 Å². The molecule has 2 aliphatic rings. The van der Waals surface area contributed by atoms with Gasteiger partial charge in [0.15, 0.2) is 0 Å². The van der Waals surface area contributed by atoms with Gasteiger partial charge in [0.05, 0.1) is 11.3 Å². The number of nitrogens with one attached hydrogen (secondary N) is 2. The Kier molecular flexibility index (Phi) is 10.2. The second-order valence-electron chi connectivity index (χ2n) is 9.07. The molecule has 2 amide bonds. The van der Waals surface area contributed by atoms with Crippen LogP contribution in [0.3, 0.4) is 0 Å². The second kappa shape index (κ2) is 13.1. The molecule has 1 aromatic carbocycles. The zero-order chi connectivity index (χ0) is 21.9. The van der Waals surface area contributed by atoms with Gasteiger partial charge >= 0.3 is 0 Å². The van der Waals surface area contributed by atoms with E-state index in [0.717, 1.165) is 24.3 Å². The van der Waals surface area contributed by atoms with E-state index < -0.39 is 0 Å². The van der Waals surface area contributed by atoms with Crippen LogP contribution in [0.15, 0.2) is 29.2 Å². The minimum atomic E-state index is -0.0525. The number of carbonyl (C=O) groups excluding carboxylic acids is 2. The van der Waals surface area contributed by atoms with Crippen LogP contribution in [0.4, 0.5) is 0 Å². The Morgan fingerprint density at radius 2 is 1.61 bits per heavy atom. The summed E-state index contributed by atoms with van der Waals surface area (Å²) < 4.78 is 0. The summed E-state index contributed by atoms with van der Waals surface area (Å²) >= 11 is 1.46. The lowest BCUT2D eigenvalue weighted by Gasteiger charge is -2.24. The highest BCUT2D eigenvalue weighted by atomic mass is 32.2. The van der Waals surface area contributed by atoms with Gasteiger partial charge in [-0.3, -0.25) is 9.59 Å². The van der Waals surface area contributed by atoms with E-state index in [1.54, 1.807) is 0 Å². The average Bonchev–Trinajstić information content (AvgIpc) is 3.29. The van der Waals surface area contributed by atoms with Crippen molar-refractivity contribution in [2.75, 3.05) is 25.9 Å².